The maximum Gasteiger partial charge on any atom is 0.269 e. The van der Waals surface area contributed by atoms with Crippen molar-refractivity contribution in [3.05, 3.63) is 92.5 Å². The van der Waals surface area contributed by atoms with Gasteiger partial charge in [0.1, 0.15) is 24.3 Å². The van der Waals surface area contributed by atoms with Gasteiger partial charge in [-0.15, -0.1) is 0 Å². The first-order chi connectivity index (χ1) is 16.9. The van der Waals surface area contributed by atoms with Crippen LogP contribution in [0.3, 0.4) is 0 Å². The van der Waals surface area contributed by atoms with Crippen LogP contribution in [0.25, 0.3) is 22.7 Å². The van der Waals surface area contributed by atoms with Gasteiger partial charge < -0.3 is 14.5 Å². The number of H-pyrrole nitrogens is 1. The summed E-state index contributed by atoms with van der Waals surface area (Å²) in [6.07, 6.45) is 1.58. The Balaban J connectivity index is 1.64. The van der Waals surface area contributed by atoms with Crippen LogP contribution in [0.4, 0.5) is 10.1 Å². The number of rotatable bonds is 8. The van der Waals surface area contributed by atoms with E-state index in [1.54, 1.807) is 37.3 Å². The second-order valence-corrected chi connectivity index (χ2v) is 7.80. The Bertz CT molecular complexity index is 1490. The molecule has 0 bridgehead atoms. The number of hydrogen-bond acceptors (Lipinski definition) is 6. The van der Waals surface area contributed by atoms with Gasteiger partial charge in [0, 0.05) is 12.1 Å². The van der Waals surface area contributed by atoms with Crippen molar-refractivity contribution in [1.29, 1.82) is 5.26 Å². The van der Waals surface area contributed by atoms with Gasteiger partial charge in [-0.2, -0.15) is 5.26 Å². The van der Waals surface area contributed by atoms with Gasteiger partial charge in [-0.3, -0.25) is 10.1 Å². The highest BCUT2D eigenvalue weighted by molar-refractivity contribution is 6.32. The largest absolute Gasteiger partial charge is 0.490 e. The third-order valence-electron chi connectivity index (χ3n) is 4.97. The lowest BCUT2D eigenvalue weighted by Gasteiger charge is -2.14. The van der Waals surface area contributed by atoms with Crippen LogP contribution in [0.15, 0.2) is 54.6 Å². The zero-order valence-corrected chi connectivity index (χ0v) is 19.2. The number of nitro benzene ring substituents is 1. The molecule has 0 aliphatic rings. The first kappa shape index (κ1) is 23.7. The van der Waals surface area contributed by atoms with E-state index < -0.39 is 10.7 Å². The SMILES string of the molecule is CCOc1cc(/C=C(/C#N)c2nc3ccc(F)cc3[nH]2)cc(Cl)c1OCc1cccc([N+](=O)[O-])c1. The average molecular weight is 493 g/mol. The minimum atomic E-state index is -0.478. The number of hydrogen-bond donors (Lipinski definition) is 1. The lowest BCUT2D eigenvalue weighted by Crippen LogP contribution is -2.01. The summed E-state index contributed by atoms with van der Waals surface area (Å²) in [5.41, 5.74) is 2.32. The summed E-state index contributed by atoms with van der Waals surface area (Å²) in [7, 11) is 0. The molecular formula is C25H18ClFN4O4. The average Bonchev–Trinajstić information content (AvgIpc) is 3.25. The topological polar surface area (TPSA) is 114 Å². The molecule has 1 aromatic heterocycles. The summed E-state index contributed by atoms with van der Waals surface area (Å²) in [4.78, 5) is 17.8. The zero-order chi connectivity index (χ0) is 24.9. The summed E-state index contributed by atoms with van der Waals surface area (Å²) < 4.78 is 25.0. The van der Waals surface area contributed by atoms with Crippen LogP contribution in [-0.4, -0.2) is 21.5 Å². The van der Waals surface area contributed by atoms with Crippen molar-refractivity contribution in [2.45, 2.75) is 13.5 Å². The molecule has 0 saturated carbocycles. The highest BCUT2D eigenvalue weighted by atomic mass is 35.5. The molecular weight excluding hydrogens is 475 g/mol. The molecule has 8 nitrogen and oxygen atoms in total. The molecule has 10 heteroatoms. The number of non-ortho nitro benzene ring substituents is 1. The van der Waals surface area contributed by atoms with Crippen molar-refractivity contribution >= 4 is 40.0 Å². The number of nitro groups is 1. The molecule has 3 aromatic carbocycles. The Morgan fingerprint density at radius 3 is 2.83 bits per heavy atom. The Morgan fingerprint density at radius 1 is 1.26 bits per heavy atom. The van der Waals surface area contributed by atoms with Crippen LogP contribution in [0, 0.1) is 27.3 Å². The summed E-state index contributed by atoms with van der Waals surface area (Å²) in [6, 6.07) is 15.6. The van der Waals surface area contributed by atoms with Crippen LogP contribution in [0.5, 0.6) is 11.5 Å². The normalized spacial score (nSPS) is 11.3. The molecule has 0 saturated heterocycles. The summed E-state index contributed by atoms with van der Waals surface area (Å²) in [5.74, 6) is 0.493. The van der Waals surface area contributed by atoms with E-state index in [0.717, 1.165) is 0 Å². The van der Waals surface area contributed by atoms with Gasteiger partial charge in [0.05, 0.1) is 33.2 Å². The molecule has 35 heavy (non-hydrogen) atoms. The van der Waals surface area contributed by atoms with Crippen LogP contribution < -0.4 is 9.47 Å². The van der Waals surface area contributed by atoms with E-state index in [0.29, 0.717) is 34.5 Å². The lowest BCUT2D eigenvalue weighted by molar-refractivity contribution is -0.384. The van der Waals surface area contributed by atoms with E-state index in [9.17, 15) is 19.8 Å². The van der Waals surface area contributed by atoms with E-state index in [-0.39, 0.29) is 34.5 Å². The quantitative estimate of drug-likeness (QED) is 0.175. The molecule has 0 aliphatic carbocycles. The number of imidazole rings is 1. The van der Waals surface area contributed by atoms with Gasteiger partial charge in [-0.25, -0.2) is 9.37 Å². The molecule has 0 radical (unpaired) electrons. The summed E-state index contributed by atoms with van der Waals surface area (Å²) in [6.45, 7) is 2.17. The molecule has 0 unspecified atom stereocenters. The molecule has 0 aliphatic heterocycles. The number of halogens is 2. The van der Waals surface area contributed by atoms with Crippen LogP contribution >= 0.6 is 11.6 Å². The number of fused-ring (bicyclic) bond motifs is 1. The molecule has 0 fully saturated rings. The van der Waals surface area contributed by atoms with E-state index in [1.165, 1.54) is 30.3 Å². The maximum atomic E-state index is 13.5. The molecule has 4 rings (SSSR count). The van der Waals surface area contributed by atoms with Gasteiger partial charge in [-0.1, -0.05) is 23.7 Å². The Morgan fingerprint density at radius 2 is 2.09 bits per heavy atom. The third kappa shape index (κ3) is 5.39. The van der Waals surface area contributed by atoms with E-state index in [2.05, 4.69) is 16.0 Å². The minimum Gasteiger partial charge on any atom is -0.490 e. The second kappa shape index (κ2) is 10.2. The molecule has 0 atom stereocenters. The fourth-order valence-electron chi connectivity index (χ4n) is 3.42. The first-order valence-corrected chi connectivity index (χ1v) is 10.9. The van der Waals surface area contributed by atoms with Gasteiger partial charge >= 0.3 is 0 Å². The van der Waals surface area contributed by atoms with Crippen molar-refractivity contribution in [2.24, 2.45) is 0 Å². The van der Waals surface area contributed by atoms with Gasteiger partial charge in [0.25, 0.3) is 5.69 Å². The van der Waals surface area contributed by atoms with Crippen molar-refractivity contribution in [2.75, 3.05) is 6.61 Å². The van der Waals surface area contributed by atoms with Crippen molar-refractivity contribution < 1.29 is 18.8 Å². The fraction of sp³-hybridized carbons (Fsp3) is 0.120. The Hall–Kier alpha value is -4.42. The highest BCUT2D eigenvalue weighted by Crippen LogP contribution is 2.38. The molecule has 4 aromatic rings. The predicted molar refractivity (Wildman–Crippen MR) is 130 cm³/mol. The number of nitrogens with zero attached hydrogens (tertiary/aromatic N) is 3. The van der Waals surface area contributed by atoms with Crippen molar-refractivity contribution in [1.82, 2.24) is 9.97 Å². The Labute approximate surface area is 204 Å². The smallest absolute Gasteiger partial charge is 0.269 e. The second-order valence-electron chi connectivity index (χ2n) is 7.40. The summed E-state index contributed by atoms with van der Waals surface area (Å²) in [5, 5.41) is 20.9. The van der Waals surface area contributed by atoms with Crippen LogP contribution in [0.2, 0.25) is 5.02 Å². The maximum absolute atomic E-state index is 13.5. The number of aromatic nitrogens is 2. The summed E-state index contributed by atoms with van der Waals surface area (Å²) >= 11 is 6.48. The third-order valence-corrected chi connectivity index (χ3v) is 5.25. The first-order valence-electron chi connectivity index (χ1n) is 10.5. The minimum absolute atomic E-state index is 0.0374. The molecule has 1 N–H and O–H groups in total. The number of benzene rings is 3. The number of nitrogens with one attached hydrogen (secondary N) is 1. The molecule has 0 amide bonds. The molecule has 176 valence electrons. The molecule has 1 heterocycles. The monoisotopic (exact) mass is 492 g/mol. The van der Waals surface area contributed by atoms with Gasteiger partial charge in [0.15, 0.2) is 11.5 Å². The number of ether oxygens (including phenoxy) is 2. The van der Waals surface area contributed by atoms with E-state index in [1.807, 2.05) is 0 Å². The van der Waals surface area contributed by atoms with Gasteiger partial charge in [0.2, 0.25) is 0 Å². The number of allylic oxidation sites excluding steroid dienone is 1. The van der Waals surface area contributed by atoms with Gasteiger partial charge in [-0.05, 0) is 54.5 Å². The molecule has 0 spiro atoms. The zero-order valence-electron chi connectivity index (χ0n) is 18.4. The lowest BCUT2D eigenvalue weighted by atomic mass is 10.1. The fourth-order valence-corrected chi connectivity index (χ4v) is 3.69. The van der Waals surface area contributed by atoms with Crippen molar-refractivity contribution in [3.63, 3.8) is 0 Å². The predicted octanol–water partition coefficient (Wildman–Crippen LogP) is 6.31. The van der Waals surface area contributed by atoms with Crippen LogP contribution in [0.1, 0.15) is 23.9 Å². The highest BCUT2D eigenvalue weighted by Gasteiger charge is 2.15. The van der Waals surface area contributed by atoms with E-state index >= 15 is 0 Å². The Kier molecular flexibility index (Phi) is 6.94. The van der Waals surface area contributed by atoms with Crippen molar-refractivity contribution in [3.8, 4) is 17.6 Å². The van der Waals surface area contributed by atoms with Crippen LogP contribution in [-0.2, 0) is 6.61 Å². The standard InChI is InChI=1S/C25H18ClFN4O4/c1-2-34-23-11-16(8-17(13-28)25-29-21-7-6-18(27)12-22(21)30-25)10-20(26)24(23)35-14-15-4-3-5-19(9-15)31(32)33/h3-12H,2,14H2,1H3,(H,29,30)/b17-8-. The number of nitriles is 1. The van der Waals surface area contributed by atoms with E-state index in [4.69, 9.17) is 21.1 Å². The number of aromatic amines is 1.